The number of nitrogens with one attached hydrogen (secondary N) is 1. The molecule has 2 aliphatic rings. The first-order valence-electron chi connectivity index (χ1n) is 9.64. The maximum absolute atomic E-state index is 12.7. The van der Waals surface area contributed by atoms with Crippen LogP contribution in [0.5, 0.6) is 0 Å². The fraction of sp³-hybridized carbons (Fsp3) is 0.700. The molecule has 0 atom stereocenters. The summed E-state index contributed by atoms with van der Waals surface area (Å²) in [5, 5.41) is 3.10. The summed E-state index contributed by atoms with van der Waals surface area (Å²) in [6.45, 7) is 8.56. The van der Waals surface area contributed by atoms with Gasteiger partial charge in [0.05, 0.1) is 5.56 Å². The predicted octanol–water partition coefficient (Wildman–Crippen LogP) is 2.34. The zero-order valence-corrected chi connectivity index (χ0v) is 16.1. The van der Waals surface area contributed by atoms with Gasteiger partial charge in [-0.3, -0.25) is 4.79 Å². The second kappa shape index (κ2) is 7.73. The summed E-state index contributed by atoms with van der Waals surface area (Å²) in [5.41, 5.74) is 3.13. The number of hydrogen-bond donors (Lipinski definition) is 1. The first-order chi connectivity index (χ1) is 11.9. The van der Waals surface area contributed by atoms with Gasteiger partial charge in [-0.2, -0.15) is 0 Å². The third kappa shape index (κ3) is 4.72. The monoisotopic (exact) mass is 344 g/mol. The molecule has 1 aromatic rings. The van der Waals surface area contributed by atoms with Gasteiger partial charge in [0, 0.05) is 52.4 Å². The molecule has 138 valence electrons. The van der Waals surface area contributed by atoms with Crippen molar-refractivity contribution in [2.45, 2.75) is 39.5 Å². The van der Waals surface area contributed by atoms with E-state index in [9.17, 15) is 4.79 Å². The molecule has 25 heavy (non-hydrogen) atoms. The number of aromatic nitrogens is 1. The molecule has 0 spiro atoms. The van der Waals surface area contributed by atoms with Gasteiger partial charge in [0.25, 0.3) is 5.91 Å². The van der Waals surface area contributed by atoms with Gasteiger partial charge >= 0.3 is 0 Å². The van der Waals surface area contributed by atoms with E-state index in [1.807, 2.05) is 19.0 Å². The molecule has 1 fully saturated rings. The molecular formula is C20H32N4O. The largest absolute Gasteiger partial charge is 0.362 e. The van der Waals surface area contributed by atoms with Crippen molar-refractivity contribution in [3.05, 3.63) is 22.9 Å². The molecule has 5 nitrogen and oxygen atoms in total. The van der Waals surface area contributed by atoms with Crippen molar-refractivity contribution in [3.63, 3.8) is 0 Å². The first kappa shape index (κ1) is 18.2. The quantitative estimate of drug-likeness (QED) is 0.861. The van der Waals surface area contributed by atoms with E-state index in [2.05, 4.69) is 30.1 Å². The van der Waals surface area contributed by atoms with Crippen LogP contribution in [0.15, 0.2) is 6.07 Å². The molecule has 0 bridgehead atoms. The molecule has 0 aromatic carbocycles. The molecule has 1 amide bonds. The summed E-state index contributed by atoms with van der Waals surface area (Å²) < 4.78 is 0. The Morgan fingerprint density at radius 1 is 1.32 bits per heavy atom. The molecule has 0 saturated heterocycles. The highest BCUT2D eigenvalue weighted by Crippen LogP contribution is 2.28. The third-order valence-corrected chi connectivity index (χ3v) is 5.07. The molecule has 2 heterocycles. The zero-order valence-electron chi connectivity index (χ0n) is 16.1. The standard InChI is InChI=1S/C20H32N4O/c1-14(2)13-24-9-7-16-11-17(20(25)21-12-15-5-6-15)19(23(3)4)22-18(16)8-10-24/h11,14-15H,5-10,12-13H2,1-4H3,(H,21,25). The van der Waals surface area contributed by atoms with E-state index in [1.165, 1.54) is 18.4 Å². The average Bonchev–Trinajstić information content (AvgIpc) is 3.39. The van der Waals surface area contributed by atoms with Crippen molar-refractivity contribution < 1.29 is 4.79 Å². The number of anilines is 1. The lowest BCUT2D eigenvalue weighted by atomic mass is 10.0. The number of fused-ring (bicyclic) bond motifs is 1. The van der Waals surface area contributed by atoms with Crippen molar-refractivity contribution in [3.8, 4) is 0 Å². The van der Waals surface area contributed by atoms with Gasteiger partial charge in [-0.1, -0.05) is 13.8 Å². The molecule has 5 heteroatoms. The van der Waals surface area contributed by atoms with Gasteiger partial charge in [0.2, 0.25) is 0 Å². The second-order valence-corrected chi connectivity index (χ2v) is 8.21. The number of amides is 1. The van der Waals surface area contributed by atoms with Crippen molar-refractivity contribution in [1.82, 2.24) is 15.2 Å². The molecule has 1 aromatic heterocycles. The Balaban J connectivity index is 1.80. The highest BCUT2D eigenvalue weighted by Gasteiger charge is 2.25. The van der Waals surface area contributed by atoms with E-state index in [-0.39, 0.29) is 5.91 Å². The first-order valence-corrected chi connectivity index (χ1v) is 9.64. The number of carbonyl (C=O) groups is 1. The Bertz CT molecular complexity index is 622. The number of pyridine rings is 1. The van der Waals surface area contributed by atoms with Crippen LogP contribution in [0.25, 0.3) is 0 Å². The Hall–Kier alpha value is -1.62. The molecule has 3 rings (SSSR count). The molecular weight excluding hydrogens is 312 g/mol. The second-order valence-electron chi connectivity index (χ2n) is 8.21. The van der Waals surface area contributed by atoms with Crippen LogP contribution in [0.1, 0.15) is 48.3 Å². The summed E-state index contributed by atoms with van der Waals surface area (Å²) in [6.07, 6.45) is 4.43. The normalized spacial score (nSPS) is 18.0. The minimum Gasteiger partial charge on any atom is -0.362 e. The predicted molar refractivity (Wildman–Crippen MR) is 102 cm³/mol. The molecule has 0 unspecified atom stereocenters. The summed E-state index contributed by atoms with van der Waals surface area (Å²) >= 11 is 0. The van der Waals surface area contributed by atoms with Gasteiger partial charge in [0.1, 0.15) is 5.82 Å². The number of hydrogen-bond acceptors (Lipinski definition) is 4. The van der Waals surface area contributed by atoms with E-state index >= 15 is 0 Å². The van der Waals surface area contributed by atoms with Gasteiger partial charge in [-0.05, 0) is 42.7 Å². The van der Waals surface area contributed by atoms with Crippen LogP contribution in [0.4, 0.5) is 5.82 Å². The van der Waals surface area contributed by atoms with Crippen molar-refractivity contribution in [2.75, 3.05) is 45.2 Å². The lowest BCUT2D eigenvalue weighted by molar-refractivity contribution is 0.0952. The molecule has 1 aliphatic carbocycles. The number of nitrogens with zero attached hydrogens (tertiary/aromatic N) is 3. The summed E-state index contributed by atoms with van der Waals surface area (Å²) in [4.78, 5) is 22.1. The van der Waals surface area contributed by atoms with Crippen molar-refractivity contribution in [1.29, 1.82) is 0 Å². The van der Waals surface area contributed by atoms with Crippen LogP contribution in [0.2, 0.25) is 0 Å². The molecule has 0 radical (unpaired) electrons. The Morgan fingerprint density at radius 3 is 2.68 bits per heavy atom. The smallest absolute Gasteiger partial charge is 0.255 e. The van der Waals surface area contributed by atoms with Crippen LogP contribution in [-0.2, 0) is 12.8 Å². The zero-order chi connectivity index (χ0) is 18.0. The van der Waals surface area contributed by atoms with E-state index in [0.717, 1.165) is 56.1 Å². The van der Waals surface area contributed by atoms with Crippen LogP contribution in [-0.4, -0.2) is 56.1 Å². The van der Waals surface area contributed by atoms with Crippen LogP contribution in [0, 0.1) is 11.8 Å². The van der Waals surface area contributed by atoms with Crippen LogP contribution >= 0.6 is 0 Å². The van der Waals surface area contributed by atoms with E-state index in [4.69, 9.17) is 4.98 Å². The highest BCUT2D eigenvalue weighted by molar-refractivity contribution is 5.99. The molecule has 1 saturated carbocycles. The summed E-state index contributed by atoms with van der Waals surface area (Å²) in [7, 11) is 3.93. The lowest BCUT2D eigenvalue weighted by Gasteiger charge is -2.21. The molecule has 1 N–H and O–H groups in total. The van der Waals surface area contributed by atoms with Crippen molar-refractivity contribution >= 4 is 11.7 Å². The van der Waals surface area contributed by atoms with Gasteiger partial charge in [0.15, 0.2) is 0 Å². The maximum Gasteiger partial charge on any atom is 0.255 e. The topological polar surface area (TPSA) is 48.5 Å². The van der Waals surface area contributed by atoms with Gasteiger partial charge in [-0.25, -0.2) is 4.98 Å². The Morgan fingerprint density at radius 2 is 2.04 bits per heavy atom. The van der Waals surface area contributed by atoms with Crippen LogP contribution < -0.4 is 10.2 Å². The SMILES string of the molecule is CC(C)CN1CCc2cc(C(=O)NCC3CC3)c(N(C)C)nc2CC1. The third-order valence-electron chi connectivity index (χ3n) is 5.07. The minimum atomic E-state index is 0.0224. The van der Waals surface area contributed by atoms with Gasteiger partial charge in [-0.15, -0.1) is 0 Å². The lowest BCUT2D eigenvalue weighted by Crippen LogP contribution is -2.30. The maximum atomic E-state index is 12.7. The Labute approximate surface area is 151 Å². The molecule has 1 aliphatic heterocycles. The van der Waals surface area contributed by atoms with E-state index in [0.29, 0.717) is 11.8 Å². The number of rotatable bonds is 6. The minimum absolute atomic E-state index is 0.0224. The van der Waals surface area contributed by atoms with Crippen LogP contribution in [0.3, 0.4) is 0 Å². The summed E-state index contributed by atoms with van der Waals surface area (Å²) in [5.74, 6) is 2.18. The Kier molecular flexibility index (Phi) is 5.62. The fourth-order valence-electron chi connectivity index (χ4n) is 3.53. The fourth-order valence-corrected chi connectivity index (χ4v) is 3.53. The highest BCUT2D eigenvalue weighted by atomic mass is 16.1. The van der Waals surface area contributed by atoms with E-state index < -0.39 is 0 Å². The average molecular weight is 345 g/mol. The van der Waals surface area contributed by atoms with Gasteiger partial charge < -0.3 is 15.1 Å². The van der Waals surface area contributed by atoms with E-state index in [1.54, 1.807) is 0 Å². The number of carbonyl (C=O) groups excluding carboxylic acids is 1. The van der Waals surface area contributed by atoms with Crippen molar-refractivity contribution in [2.24, 2.45) is 11.8 Å². The summed E-state index contributed by atoms with van der Waals surface area (Å²) in [6, 6.07) is 2.10.